The van der Waals surface area contributed by atoms with Gasteiger partial charge in [-0.2, -0.15) is 0 Å². The third-order valence-electron chi connectivity index (χ3n) is 3.18. The van der Waals surface area contributed by atoms with E-state index in [0.29, 0.717) is 0 Å². The number of amides is 1. The van der Waals surface area contributed by atoms with Gasteiger partial charge in [0.2, 0.25) is 0 Å². The van der Waals surface area contributed by atoms with E-state index in [2.05, 4.69) is 10.3 Å². The van der Waals surface area contributed by atoms with Crippen molar-refractivity contribution < 1.29 is 19.4 Å². The normalized spacial score (nSPS) is 12.5. The quantitative estimate of drug-likeness (QED) is 0.877. The van der Waals surface area contributed by atoms with E-state index in [0.717, 1.165) is 11.4 Å². The van der Waals surface area contributed by atoms with Gasteiger partial charge in [-0.3, -0.25) is 4.98 Å². The number of carbonyl (C=O) groups is 2. The first-order valence-electron chi connectivity index (χ1n) is 7.55. The summed E-state index contributed by atoms with van der Waals surface area (Å²) < 4.78 is 6.98. The van der Waals surface area contributed by atoms with E-state index in [9.17, 15) is 14.7 Å². The molecule has 2 aromatic rings. The van der Waals surface area contributed by atoms with E-state index in [1.54, 1.807) is 33.2 Å². The van der Waals surface area contributed by atoms with Gasteiger partial charge < -0.3 is 19.7 Å². The Morgan fingerprint density at radius 3 is 2.54 bits per heavy atom. The summed E-state index contributed by atoms with van der Waals surface area (Å²) in [5, 5.41) is 11.8. The van der Waals surface area contributed by atoms with E-state index in [-0.39, 0.29) is 6.42 Å². The maximum absolute atomic E-state index is 11.8. The van der Waals surface area contributed by atoms with Crippen molar-refractivity contribution in [3.05, 3.63) is 48.5 Å². The van der Waals surface area contributed by atoms with Crippen molar-refractivity contribution in [3.63, 3.8) is 0 Å². The van der Waals surface area contributed by atoms with E-state index in [1.807, 2.05) is 35.0 Å². The molecular weight excluding hydrogens is 310 g/mol. The number of aliphatic carboxylic acids is 1. The first kappa shape index (κ1) is 17.5. The zero-order chi connectivity index (χ0) is 17.7. The molecule has 1 unspecified atom stereocenters. The number of hydrogen-bond acceptors (Lipinski definition) is 4. The highest BCUT2D eigenvalue weighted by atomic mass is 16.6. The van der Waals surface area contributed by atoms with E-state index in [1.165, 1.54) is 0 Å². The Bertz CT molecular complexity index is 704. The molecule has 2 N–H and O–H groups in total. The summed E-state index contributed by atoms with van der Waals surface area (Å²) in [5.74, 6) is -1.12. The maximum Gasteiger partial charge on any atom is 0.408 e. The molecule has 0 radical (unpaired) electrons. The van der Waals surface area contributed by atoms with Gasteiger partial charge in [0.05, 0.1) is 0 Å². The van der Waals surface area contributed by atoms with Crippen molar-refractivity contribution in [2.24, 2.45) is 0 Å². The van der Waals surface area contributed by atoms with Crippen LogP contribution in [0.4, 0.5) is 4.79 Å². The van der Waals surface area contributed by atoms with Crippen LogP contribution in [0.2, 0.25) is 0 Å². The van der Waals surface area contributed by atoms with Gasteiger partial charge in [0.25, 0.3) is 0 Å². The van der Waals surface area contributed by atoms with Crippen LogP contribution in [0.5, 0.6) is 0 Å². The number of carboxylic acid groups (broad SMARTS) is 1. The molecule has 7 heteroatoms. The number of nitrogens with zero attached hydrogens (tertiary/aromatic N) is 2. The van der Waals surface area contributed by atoms with Gasteiger partial charge in [-0.1, -0.05) is 0 Å². The zero-order valence-corrected chi connectivity index (χ0v) is 13.9. The molecule has 0 aliphatic heterocycles. The second-order valence-electron chi connectivity index (χ2n) is 6.32. The average molecular weight is 331 g/mol. The third-order valence-corrected chi connectivity index (χ3v) is 3.18. The van der Waals surface area contributed by atoms with Crippen molar-refractivity contribution >= 4 is 12.1 Å². The standard InChI is InChI=1S/C17H21N3O4/c1-17(2,3)24-16(23)19-14(15(21)22)11-13-5-4-10-20(13)12-6-8-18-9-7-12/h4-10,14H,11H2,1-3H3,(H,19,23)(H,21,22). The van der Waals surface area contributed by atoms with Crippen LogP contribution in [0.25, 0.3) is 5.69 Å². The molecule has 128 valence electrons. The Balaban J connectivity index is 2.14. The highest BCUT2D eigenvalue weighted by Gasteiger charge is 2.25. The molecule has 0 aliphatic rings. The fourth-order valence-electron chi connectivity index (χ4n) is 2.20. The lowest BCUT2D eigenvalue weighted by Crippen LogP contribution is -2.44. The molecule has 2 aromatic heterocycles. The molecule has 0 bridgehead atoms. The smallest absolute Gasteiger partial charge is 0.408 e. The van der Waals surface area contributed by atoms with Crippen LogP contribution in [0.3, 0.4) is 0 Å². The summed E-state index contributed by atoms with van der Waals surface area (Å²) in [6, 6.07) is 6.19. The van der Waals surface area contributed by atoms with Crippen LogP contribution in [0, 0.1) is 0 Å². The molecule has 1 atom stereocenters. The predicted octanol–water partition coefficient (Wildman–Crippen LogP) is 2.39. The number of nitrogens with one attached hydrogen (secondary N) is 1. The minimum absolute atomic E-state index is 0.129. The summed E-state index contributed by atoms with van der Waals surface area (Å²) in [4.78, 5) is 27.3. The zero-order valence-electron chi connectivity index (χ0n) is 13.9. The Kier molecular flexibility index (Phi) is 5.23. The highest BCUT2D eigenvalue weighted by molar-refractivity contribution is 5.80. The molecule has 0 spiro atoms. The SMILES string of the molecule is CC(C)(C)OC(=O)NC(Cc1cccn1-c1ccncc1)C(=O)O. The van der Waals surface area contributed by atoms with Crippen LogP contribution >= 0.6 is 0 Å². The number of rotatable bonds is 5. The van der Waals surface area contributed by atoms with Gasteiger partial charge in [-0.05, 0) is 45.0 Å². The summed E-state index contributed by atoms with van der Waals surface area (Å²) in [5.41, 5.74) is 0.931. The molecule has 1 amide bonds. The Labute approximate surface area is 140 Å². The van der Waals surface area contributed by atoms with Gasteiger partial charge in [0.15, 0.2) is 0 Å². The molecule has 2 heterocycles. The first-order chi connectivity index (χ1) is 11.3. The van der Waals surface area contributed by atoms with E-state index in [4.69, 9.17) is 4.74 Å². The molecule has 24 heavy (non-hydrogen) atoms. The molecule has 0 aliphatic carbocycles. The largest absolute Gasteiger partial charge is 0.480 e. The van der Waals surface area contributed by atoms with Gasteiger partial charge in [0.1, 0.15) is 11.6 Å². The summed E-state index contributed by atoms with van der Waals surface area (Å²) in [6.07, 6.45) is 4.53. The molecule has 0 saturated carbocycles. The summed E-state index contributed by atoms with van der Waals surface area (Å²) in [6.45, 7) is 5.16. The van der Waals surface area contributed by atoms with Gasteiger partial charge in [-0.25, -0.2) is 9.59 Å². The third kappa shape index (κ3) is 4.84. The van der Waals surface area contributed by atoms with Crippen LogP contribution < -0.4 is 5.32 Å². The van der Waals surface area contributed by atoms with E-state index >= 15 is 0 Å². The van der Waals surface area contributed by atoms with Crippen LogP contribution in [0.1, 0.15) is 26.5 Å². The van der Waals surface area contributed by atoms with Crippen molar-refractivity contribution in [1.29, 1.82) is 0 Å². The van der Waals surface area contributed by atoms with Crippen molar-refractivity contribution in [1.82, 2.24) is 14.9 Å². The second kappa shape index (κ2) is 7.16. The van der Waals surface area contributed by atoms with Gasteiger partial charge in [0, 0.05) is 36.4 Å². The van der Waals surface area contributed by atoms with Crippen LogP contribution in [-0.4, -0.2) is 38.4 Å². The highest BCUT2D eigenvalue weighted by Crippen LogP contribution is 2.14. The van der Waals surface area contributed by atoms with Crippen LogP contribution in [-0.2, 0) is 16.0 Å². The number of ether oxygens (including phenoxy) is 1. The van der Waals surface area contributed by atoms with Gasteiger partial charge >= 0.3 is 12.1 Å². The first-order valence-corrected chi connectivity index (χ1v) is 7.55. The molecule has 0 aromatic carbocycles. The Hall–Kier alpha value is -2.83. The lowest BCUT2D eigenvalue weighted by atomic mass is 10.1. The number of carbonyl (C=O) groups excluding carboxylic acids is 1. The number of pyridine rings is 1. The van der Waals surface area contributed by atoms with Gasteiger partial charge in [-0.15, -0.1) is 0 Å². The minimum atomic E-state index is -1.12. The second-order valence-corrected chi connectivity index (χ2v) is 6.32. The number of carboxylic acids is 1. The molecule has 7 nitrogen and oxygen atoms in total. The fraction of sp³-hybridized carbons (Fsp3) is 0.353. The average Bonchev–Trinajstić information content (AvgIpc) is 2.93. The van der Waals surface area contributed by atoms with Crippen LogP contribution in [0.15, 0.2) is 42.9 Å². The maximum atomic E-state index is 11.8. The Morgan fingerprint density at radius 1 is 1.29 bits per heavy atom. The molecule has 0 fully saturated rings. The Morgan fingerprint density at radius 2 is 1.96 bits per heavy atom. The molecular formula is C17H21N3O4. The topological polar surface area (TPSA) is 93.5 Å². The predicted molar refractivity (Wildman–Crippen MR) is 88.1 cm³/mol. The number of hydrogen-bond donors (Lipinski definition) is 2. The van der Waals surface area contributed by atoms with Crippen molar-refractivity contribution in [2.75, 3.05) is 0 Å². The lowest BCUT2D eigenvalue weighted by molar-refractivity contribution is -0.139. The molecule has 2 rings (SSSR count). The van der Waals surface area contributed by atoms with Crippen molar-refractivity contribution in [3.8, 4) is 5.69 Å². The molecule has 0 saturated heterocycles. The lowest BCUT2D eigenvalue weighted by Gasteiger charge is -2.22. The van der Waals surface area contributed by atoms with Crippen molar-refractivity contribution in [2.45, 2.75) is 38.8 Å². The number of alkyl carbamates (subject to hydrolysis) is 1. The summed E-state index contributed by atoms with van der Waals surface area (Å²) in [7, 11) is 0. The summed E-state index contributed by atoms with van der Waals surface area (Å²) >= 11 is 0. The minimum Gasteiger partial charge on any atom is -0.480 e. The monoisotopic (exact) mass is 331 g/mol. The number of aromatic nitrogens is 2. The fourth-order valence-corrected chi connectivity index (χ4v) is 2.20. The van der Waals surface area contributed by atoms with E-state index < -0.39 is 23.7 Å².